The molecule has 5 heteroatoms. The molecule has 13 heavy (non-hydrogen) atoms. The zero-order valence-electron chi connectivity index (χ0n) is 7.94. The number of rotatable bonds is 2. The number of ether oxygens (including phenoxy) is 3. The molecule has 0 spiro atoms. The summed E-state index contributed by atoms with van der Waals surface area (Å²) >= 11 is 0. The van der Waals surface area contributed by atoms with E-state index in [1.165, 1.54) is 0 Å². The van der Waals surface area contributed by atoms with Crippen LogP contribution in [0.2, 0.25) is 0 Å². The third kappa shape index (κ3) is 2.65. The lowest BCUT2D eigenvalue weighted by molar-refractivity contribution is -0.199. The first-order valence-corrected chi connectivity index (χ1v) is 4.10. The molecule has 1 heterocycles. The largest absolute Gasteiger partial charge is 0.431 e. The van der Waals surface area contributed by atoms with Gasteiger partial charge in [-0.05, 0) is 20.8 Å². The van der Waals surface area contributed by atoms with Crippen LogP contribution in [0.5, 0.6) is 0 Å². The maximum atomic E-state index is 10.7. The van der Waals surface area contributed by atoms with Gasteiger partial charge in [0.05, 0.1) is 0 Å². The van der Waals surface area contributed by atoms with Crippen LogP contribution in [-0.2, 0) is 19.0 Å². The van der Waals surface area contributed by atoms with Crippen LogP contribution in [0.1, 0.15) is 20.8 Å². The summed E-state index contributed by atoms with van der Waals surface area (Å²) in [6, 6.07) is 0. The van der Waals surface area contributed by atoms with E-state index in [1.54, 1.807) is 20.8 Å². The Morgan fingerprint density at radius 2 is 2.15 bits per heavy atom. The zero-order valence-corrected chi connectivity index (χ0v) is 7.94. The molecule has 1 aliphatic rings. The maximum Gasteiger partial charge on any atom is 0.334 e. The number of hydrogen-bond acceptors (Lipinski definition) is 5. The van der Waals surface area contributed by atoms with Crippen LogP contribution >= 0.6 is 0 Å². The molecular formula is C8H14O5. The monoisotopic (exact) mass is 190 g/mol. The van der Waals surface area contributed by atoms with E-state index >= 15 is 0 Å². The van der Waals surface area contributed by atoms with Gasteiger partial charge >= 0.3 is 5.97 Å². The summed E-state index contributed by atoms with van der Waals surface area (Å²) in [5, 5.41) is 8.44. The zero-order chi connectivity index (χ0) is 10.1. The molecule has 1 N–H and O–H groups in total. The van der Waals surface area contributed by atoms with Gasteiger partial charge < -0.3 is 19.3 Å². The number of aliphatic hydroxyl groups excluding tert-OH is 1. The molecule has 1 fully saturated rings. The molecule has 2 atom stereocenters. The summed E-state index contributed by atoms with van der Waals surface area (Å²) in [6.07, 6.45) is -1.04. The molecule has 0 radical (unpaired) electrons. The normalized spacial score (nSPS) is 31.7. The van der Waals surface area contributed by atoms with Crippen LogP contribution in [-0.4, -0.2) is 35.9 Å². The van der Waals surface area contributed by atoms with Gasteiger partial charge in [-0.25, -0.2) is 4.79 Å². The first-order valence-electron chi connectivity index (χ1n) is 4.10. The Balaban J connectivity index is 2.48. The van der Waals surface area contributed by atoms with Crippen molar-refractivity contribution in [3.8, 4) is 0 Å². The fourth-order valence-corrected chi connectivity index (χ4v) is 1.19. The second kappa shape index (κ2) is 3.61. The highest BCUT2D eigenvalue weighted by molar-refractivity contribution is 5.70. The van der Waals surface area contributed by atoms with Crippen LogP contribution in [0.4, 0.5) is 0 Å². The summed E-state index contributed by atoms with van der Waals surface area (Å²) in [5.74, 6) is -1.45. The molecular weight excluding hydrogens is 176 g/mol. The number of carbonyl (C=O) groups is 1. The topological polar surface area (TPSA) is 65.0 Å². The quantitative estimate of drug-likeness (QED) is 0.622. The predicted octanol–water partition coefficient (Wildman–Crippen LogP) is 0.0194. The first-order chi connectivity index (χ1) is 5.94. The minimum absolute atomic E-state index is 0.314. The molecule has 0 bridgehead atoms. The molecule has 0 saturated carbocycles. The minimum Gasteiger partial charge on any atom is -0.431 e. The average molecular weight is 190 g/mol. The average Bonchev–Trinajstić information content (AvgIpc) is 2.24. The smallest absolute Gasteiger partial charge is 0.334 e. The van der Waals surface area contributed by atoms with Gasteiger partial charge in [0.1, 0.15) is 12.7 Å². The van der Waals surface area contributed by atoms with Gasteiger partial charge in [0.2, 0.25) is 6.29 Å². The standard InChI is InChI=1S/C8H14O5/c1-5-7(11-6(10)4-9)13-8(2,3)12-5/h5,7,9H,4H2,1-3H3/t5?,7-/m0/s1. The Bertz CT molecular complexity index is 201. The van der Waals surface area contributed by atoms with E-state index < -0.39 is 24.7 Å². The Morgan fingerprint density at radius 3 is 2.54 bits per heavy atom. The van der Waals surface area contributed by atoms with Gasteiger partial charge in [0.15, 0.2) is 5.79 Å². The van der Waals surface area contributed by atoms with Gasteiger partial charge in [-0.15, -0.1) is 0 Å². The number of aliphatic hydroxyl groups is 1. The van der Waals surface area contributed by atoms with Gasteiger partial charge in [-0.3, -0.25) is 0 Å². The predicted molar refractivity (Wildman–Crippen MR) is 42.7 cm³/mol. The molecule has 0 amide bonds. The van der Waals surface area contributed by atoms with Gasteiger partial charge in [-0.1, -0.05) is 0 Å². The van der Waals surface area contributed by atoms with Crippen LogP contribution in [0.3, 0.4) is 0 Å². The lowest BCUT2D eigenvalue weighted by Crippen LogP contribution is -2.28. The van der Waals surface area contributed by atoms with Crippen LogP contribution < -0.4 is 0 Å². The van der Waals surface area contributed by atoms with Crippen molar-refractivity contribution >= 4 is 5.97 Å². The molecule has 1 unspecified atom stereocenters. The minimum atomic E-state index is -0.736. The van der Waals surface area contributed by atoms with Crippen molar-refractivity contribution < 1.29 is 24.1 Å². The highest BCUT2D eigenvalue weighted by atomic mass is 16.8. The first kappa shape index (κ1) is 10.4. The number of esters is 1. The highest BCUT2D eigenvalue weighted by Crippen LogP contribution is 2.28. The van der Waals surface area contributed by atoms with Crippen LogP contribution in [0, 0.1) is 0 Å². The molecule has 0 aromatic heterocycles. The second-order valence-electron chi connectivity index (χ2n) is 3.36. The summed E-state index contributed by atoms with van der Waals surface area (Å²) in [4.78, 5) is 10.7. The molecule has 76 valence electrons. The Kier molecular flexibility index (Phi) is 2.90. The van der Waals surface area contributed by atoms with Crippen molar-refractivity contribution in [1.82, 2.24) is 0 Å². The molecule has 0 aliphatic carbocycles. The fourth-order valence-electron chi connectivity index (χ4n) is 1.19. The van der Waals surface area contributed by atoms with Gasteiger partial charge in [0, 0.05) is 0 Å². The van der Waals surface area contributed by atoms with Crippen molar-refractivity contribution in [2.24, 2.45) is 0 Å². The molecule has 0 aromatic rings. The molecule has 1 aliphatic heterocycles. The van der Waals surface area contributed by atoms with Crippen molar-refractivity contribution in [2.45, 2.75) is 39.0 Å². The van der Waals surface area contributed by atoms with Crippen LogP contribution in [0.25, 0.3) is 0 Å². The third-order valence-corrected chi connectivity index (χ3v) is 1.63. The van der Waals surface area contributed by atoms with Crippen molar-refractivity contribution in [3.05, 3.63) is 0 Å². The summed E-state index contributed by atoms with van der Waals surface area (Å²) in [7, 11) is 0. The maximum absolute atomic E-state index is 10.7. The number of hydrogen-bond donors (Lipinski definition) is 1. The van der Waals surface area contributed by atoms with Gasteiger partial charge in [-0.2, -0.15) is 0 Å². The van der Waals surface area contributed by atoms with E-state index in [4.69, 9.17) is 19.3 Å². The number of carbonyl (C=O) groups excluding carboxylic acids is 1. The van der Waals surface area contributed by atoms with Crippen molar-refractivity contribution in [2.75, 3.05) is 6.61 Å². The SMILES string of the molecule is CC1OC(C)(C)O[C@@H]1OC(=O)CO. The Hall–Kier alpha value is -0.650. The van der Waals surface area contributed by atoms with E-state index in [0.29, 0.717) is 0 Å². The van der Waals surface area contributed by atoms with Crippen molar-refractivity contribution in [1.29, 1.82) is 0 Å². The summed E-state index contributed by atoms with van der Waals surface area (Å²) in [5.41, 5.74) is 0. The fraction of sp³-hybridized carbons (Fsp3) is 0.875. The Morgan fingerprint density at radius 1 is 1.54 bits per heavy atom. The third-order valence-electron chi connectivity index (χ3n) is 1.63. The van der Waals surface area contributed by atoms with Crippen molar-refractivity contribution in [3.63, 3.8) is 0 Å². The summed E-state index contributed by atoms with van der Waals surface area (Å²) < 4.78 is 15.4. The molecule has 5 nitrogen and oxygen atoms in total. The molecule has 0 aromatic carbocycles. The lowest BCUT2D eigenvalue weighted by Gasteiger charge is -2.16. The highest BCUT2D eigenvalue weighted by Gasteiger charge is 2.40. The van der Waals surface area contributed by atoms with Crippen LogP contribution in [0.15, 0.2) is 0 Å². The van der Waals surface area contributed by atoms with E-state index in [2.05, 4.69) is 0 Å². The second-order valence-corrected chi connectivity index (χ2v) is 3.36. The molecule has 1 rings (SSSR count). The van der Waals surface area contributed by atoms with Gasteiger partial charge in [0.25, 0.3) is 0 Å². The molecule has 1 saturated heterocycles. The van der Waals surface area contributed by atoms with E-state index in [9.17, 15) is 4.79 Å². The van der Waals surface area contributed by atoms with E-state index in [0.717, 1.165) is 0 Å². The van der Waals surface area contributed by atoms with E-state index in [-0.39, 0.29) is 6.10 Å². The Labute approximate surface area is 76.6 Å². The lowest BCUT2D eigenvalue weighted by atomic mass is 10.4. The summed E-state index contributed by atoms with van der Waals surface area (Å²) in [6.45, 7) is 4.56. The van der Waals surface area contributed by atoms with E-state index in [1.807, 2.05) is 0 Å².